The molecule has 1 N–H and O–H groups in total. The Labute approximate surface area is 190 Å². The molecule has 0 aliphatic carbocycles. The monoisotopic (exact) mass is 510 g/mol. The molecule has 8 heteroatoms. The average molecular weight is 510 g/mol. The first-order chi connectivity index (χ1) is 13.8. The van der Waals surface area contributed by atoms with Gasteiger partial charge in [0.1, 0.15) is 11.6 Å². The van der Waals surface area contributed by atoms with Gasteiger partial charge in [-0.3, -0.25) is 4.99 Å². The smallest absolute Gasteiger partial charge is 0.194 e. The molecular weight excluding hydrogens is 479 g/mol. The highest BCUT2D eigenvalue weighted by Gasteiger charge is 2.22. The number of anilines is 1. The third-order valence-electron chi connectivity index (χ3n) is 5.60. The van der Waals surface area contributed by atoms with E-state index in [-0.39, 0.29) is 24.0 Å². The van der Waals surface area contributed by atoms with Crippen LogP contribution in [-0.4, -0.2) is 60.7 Å². The molecule has 0 spiro atoms. The Morgan fingerprint density at radius 3 is 2.66 bits per heavy atom. The van der Waals surface area contributed by atoms with Crippen LogP contribution in [0.25, 0.3) is 0 Å². The van der Waals surface area contributed by atoms with Crippen molar-refractivity contribution in [2.24, 2.45) is 4.99 Å². The quantitative estimate of drug-likeness (QED) is 0.390. The number of rotatable bonds is 4. The molecule has 2 aromatic rings. The molecule has 1 aromatic carbocycles. The minimum absolute atomic E-state index is 0. The van der Waals surface area contributed by atoms with E-state index in [4.69, 9.17) is 9.72 Å². The van der Waals surface area contributed by atoms with E-state index >= 15 is 0 Å². The molecule has 1 saturated heterocycles. The number of aryl methyl sites for hydroxylation is 2. The van der Waals surface area contributed by atoms with Crippen LogP contribution < -0.4 is 15.0 Å². The van der Waals surface area contributed by atoms with E-state index in [1.165, 1.54) is 18.7 Å². The number of methoxy groups -OCH3 is 1. The number of aromatic nitrogens is 2. The summed E-state index contributed by atoms with van der Waals surface area (Å²) >= 11 is 0. The van der Waals surface area contributed by atoms with Crippen molar-refractivity contribution in [3.8, 4) is 5.75 Å². The number of fused-ring (bicyclic) bond motifs is 1. The van der Waals surface area contributed by atoms with Gasteiger partial charge in [0.25, 0.3) is 0 Å². The summed E-state index contributed by atoms with van der Waals surface area (Å²) in [5.41, 5.74) is 2.27. The van der Waals surface area contributed by atoms with E-state index in [9.17, 15) is 0 Å². The fraction of sp³-hybridized carbons (Fsp3) is 0.524. The van der Waals surface area contributed by atoms with Crippen molar-refractivity contribution in [2.75, 3.05) is 45.2 Å². The third-order valence-corrected chi connectivity index (χ3v) is 5.60. The van der Waals surface area contributed by atoms with Crippen LogP contribution in [0.5, 0.6) is 5.75 Å². The lowest BCUT2D eigenvalue weighted by Crippen LogP contribution is -2.52. The number of halogens is 1. The van der Waals surface area contributed by atoms with Crippen LogP contribution in [-0.2, 0) is 19.5 Å². The summed E-state index contributed by atoms with van der Waals surface area (Å²) in [5, 5.41) is 3.50. The second-order valence-electron chi connectivity index (χ2n) is 7.35. The number of hydrogen-bond acceptors (Lipinski definition) is 4. The van der Waals surface area contributed by atoms with E-state index < -0.39 is 0 Å². The number of hydrogen-bond donors (Lipinski definition) is 1. The molecule has 29 heavy (non-hydrogen) atoms. The predicted octanol–water partition coefficient (Wildman–Crippen LogP) is 2.74. The second kappa shape index (κ2) is 10.2. The highest BCUT2D eigenvalue weighted by molar-refractivity contribution is 14.0. The largest absolute Gasteiger partial charge is 0.495 e. The SMILES string of the molecule is CN=C(NCc1cn2c(n1)CCCC2)N1CCN(c2ccccc2OC)CC1.I. The van der Waals surface area contributed by atoms with Crippen molar-refractivity contribution < 1.29 is 4.74 Å². The molecule has 2 aliphatic heterocycles. The summed E-state index contributed by atoms with van der Waals surface area (Å²) in [6, 6.07) is 8.22. The summed E-state index contributed by atoms with van der Waals surface area (Å²) in [6.45, 7) is 5.57. The average Bonchev–Trinajstić information content (AvgIpc) is 3.17. The number of para-hydroxylation sites is 2. The molecule has 0 amide bonds. The van der Waals surface area contributed by atoms with Crippen molar-refractivity contribution in [2.45, 2.75) is 32.4 Å². The topological polar surface area (TPSA) is 57.9 Å². The second-order valence-corrected chi connectivity index (χ2v) is 7.35. The van der Waals surface area contributed by atoms with Crippen molar-refractivity contribution in [3.05, 3.63) is 42.0 Å². The van der Waals surface area contributed by atoms with Gasteiger partial charge in [-0.05, 0) is 25.0 Å². The number of imidazole rings is 1. The van der Waals surface area contributed by atoms with Crippen LogP contribution in [0.3, 0.4) is 0 Å². The Hall–Kier alpha value is -1.97. The molecule has 0 bridgehead atoms. The normalized spacial score (nSPS) is 16.8. The van der Waals surface area contributed by atoms with Crippen molar-refractivity contribution >= 4 is 35.6 Å². The maximum atomic E-state index is 5.52. The van der Waals surface area contributed by atoms with Crippen LogP contribution >= 0.6 is 24.0 Å². The molecule has 0 unspecified atom stereocenters. The molecule has 1 aromatic heterocycles. The molecule has 0 saturated carbocycles. The molecular formula is C21H31IN6O. The first-order valence-corrected chi connectivity index (χ1v) is 10.2. The zero-order chi connectivity index (χ0) is 19.3. The molecule has 1 fully saturated rings. The standard InChI is InChI=1S/C21H30N6O.HI/c1-22-21(23-15-17-16-27-10-6-5-9-20(27)24-17)26-13-11-25(12-14-26)18-7-3-4-8-19(18)28-2;/h3-4,7-8,16H,5-6,9-15H2,1-2H3,(H,22,23);1H. The first kappa shape index (κ1) is 21.7. The van der Waals surface area contributed by atoms with Gasteiger partial charge in [-0.1, -0.05) is 12.1 Å². The Morgan fingerprint density at radius 1 is 1.14 bits per heavy atom. The minimum atomic E-state index is 0. The van der Waals surface area contributed by atoms with Gasteiger partial charge in [-0.25, -0.2) is 4.98 Å². The lowest BCUT2D eigenvalue weighted by Gasteiger charge is -2.38. The maximum Gasteiger partial charge on any atom is 0.194 e. The number of guanidine groups is 1. The van der Waals surface area contributed by atoms with Gasteiger partial charge in [-0.15, -0.1) is 24.0 Å². The number of ether oxygens (including phenoxy) is 1. The lowest BCUT2D eigenvalue weighted by molar-refractivity contribution is 0.367. The highest BCUT2D eigenvalue weighted by atomic mass is 127. The predicted molar refractivity (Wildman–Crippen MR) is 128 cm³/mol. The Kier molecular flexibility index (Phi) is 7.63. The van der Waals surface area contributed by atoms with Crippen molar-refractivity contribution in [3.63, 3.8) is 0 Å². The molecule has 0 radical (unpaired) electrons. The number of aliphatic imine (C=N–C) groups is 1. The molecule has 3 heterocycles. The summed E-state index contributed by atoms with van der Waals surface area (Å²) in [4.78, 5) is 14.0. The van der Waals surface area contributed by atoms with Crippen LogP contribution in [0.1, 0.15) is 24.4 Å². The van der Waals surface area contributed by atoms with Gasteiger partial charge < -0.3 is 24.4 Å². The van der Waals surface area contributed by atoms with Crippen LogP contribution in [0, 0.1) is 0 Å². The number of piperazine rings is 1. The van der Waals surface area contributed by atoms with Gasteiger partial charge in [-0.2, -0.15) is 0 Å². The van der Waals surface area contributed by atoms with Gasteiger partial charge >= 0.3 is 0 Å². The lowest BCUT2D eigenvalue weighted by atomic mass is 10.2. The van der Waals surface area contributed by atoms with Gasteiger partial charge in [0.15, 0.2) is 5.96 Å². The third kappa shape index (κ3) is 4.96. The van der Waals surface area contributed by atoms with Crippen LogP contribution in [0.15, 0.2) is 35.5 Å². The molecule has 4 rings (SSSR count). The maximum absolute atomic E-state index is 5.52. The van der Waals surface area contributed by atoms with Gasteiger partial charge in [0.05, 0.1) is 25.0 Å². The molecule has 7 nitrogen and oxygen atoms in total. The van der Waals surface area contributed by atoms with Crippen molar-refractivity contribution in [1.29, 1.82) is 0 Å². The summed E-state index contributed by atoms with van der Waals surface area (Å²) in [5.74, 6) is 3.11. The van der Waals surface area contributed by atoms with Crippen LogP contribution in [0.4, 0.5) is 5.69 Å². The van der Waals surface area contributed by atoms with Crippen LogP contribution in [0.2, 0.25) is 0 Å². The summed E-state index contributed by atoms with van der Waals surface area (Å²) < 4.78 is 7.82. The Balaban J connectivity index is 0.00000240. The summed E-state index contributed by atoms with van der Waals surface area (Å²) in [7, 11) is 3.59. The fourth-order valence-electron chi connectivity index (χ4n) is 4.11. The van der Waals surface area contributed by atoms with E-state index in [1.54, 1.807) is 7.11 Å². The number of nitrogens with zero attached hydrogens (tertiary/aromatic N) is 5. The van der Waals surface area contributed by atoms with E-state index in [2.05, 4.69) is 43.0 Å². The van der Waals surface area contributed by atoms with Gasteiger partial charge in [0, 0.05) is 52.4 Å². The van der Waals surface area contributed by atoms with E-state index in [1.807, 2.05) is 19.2 Å². The Bertz CT molecular complexity index is 805. The first-order valence-electron chi connectivity index (χ1n) is 10.2. The van der Waals surface area contributed by atoms with Crippen molar-refractivity contribution in [1.82, 2.24) is 19.8 Å². The molecule has 2 aliphatic rings. The van der Waals surface area contributed by atoms with E-state index in [0.29, 0.717) is 0 Å². The highest BCUT2D eigenvalue weighted by Crippen LogP contribution is 2.28. The fourth-order valence-corrected chi connectivity index (χ4v) is 4.11. The minimum Gasteiger partial charge on any atom is -0.495 e. The zero-order valence-corrected chi connectivity index (χ0v) is 19.6. The van der Waals surface area contributed by atoms with Gasteiger partial charge in [0.2, 0.25) is 0 Å². The number of nitrogens with one attached hydrogen (secondary N) is 1. The number of benzene rings is 1. The Morgan fingerprint density at radius 2 is 1.93 bits per heavy atom. The zero-order valence-electron chi connectivity index (χ0n) is 17.3. The molecule has 158 valence electrons. The summed E-state index contributed by atoms with van der Waals surface area (Å²) in [6.07, 6.45) is 5.80. The van der Waals surface area contributed by atoms with E-state index in [0.717, 1.165) is 68.8 Å². The molecule has 0 atom stereocenters.